The van der Waals surface area contributed by atoms with Crippen molar-refractivity contribution in [1.82, 2.24) is 9.55 Å². The second-order valence-electron chi connectivity index (χ2n) is 5.57. The van der Waals surface area contributed by atoms with Gasteiger partial charge in [-0.3, -0.25) is 14.3 Å². The van der Waals surface area contributed by atoms with Crippen LogP contribution in [0.25, 0.3) is 16.6 Å². The summed E-state index contributed by atoms with van der Waals surface area (Å²) in [7, 11) is 0. The fourth-order valence-corrected chi connectivity index (χ4v) is 3.36. The molecule has 25 heavy (non-hydrogen) atoms. The first kappa shape index (κ1) is 15.6. The third kappa shape index (κ3) is 2.94. The molecule has 4 nitrogen and oxygen atoms in total. The Labute approximate surface area is 152 Å². The van der Waals surface area contributed by atoms with E-state index in [0.717, 1.165) is 16.9 Å². The highest BCUT2D eigenvalue weighted by molar-refractivity contribution is 9.10. The molecule has 5 heteroatoms. The van der Waals surface area contributed by atoms with Crippen LogP contribution < -0.4 is 10.7 Å². The highest BCUT2D eigenvalue weighted by atomic mass is 79.9. The number of pyridine rings is 2. The number of benzene rings is 2. The molecular weight excluding hydrogens is 378 g/mol. The van der Waals surface area contributed by atoms with Gasteiger partial charge in [0, 0.05) is 28.1 Å². The van der Waals surface area contributed by atoms with Crippen molar-refractivity contribution in [2.75, 3.05) is 5.32 Å². The van der Waals surface area contributed by atoms with Gasteiger partial charge in [0.15, 0.2) is 5.43 Å². The van der Waals surface area contributed by atoms with E-state index >= 15 is 0 Å². The van der Waals surface area contributed by atoms with E-state index in [2.05, 4.69) is 26.2 Å². The number of fused-ring (bicyclic) bond motifs is 1. The summed E-state index contributed by atoms with van der Waals surface area (Å²) in [5.74, 6) is 0.690. The number of hydrogen-bond acceptors (Lipinski definition) is 3. The van der Waals surface area contributed by atoms with Crippen molar-refractivity contribution in [3.05, 3.63) is 93.8 Å². The van der Waals surface area contributed by atoms with Crippen LogP contribution in [0.1, 0.15) is 0 Å². The molecule has 2 heterocycles. The molecule has 0 fully saturated rings. The molecule has 0 bridgehead atoms. The van der Waals surface area contributed by atoms with Gasteiger partial charge in [-0.1, -0.05) is 36.4 Å². The van der Waals surface area contributed by atoms with Crippen molar-refractivity contribution in [3.8, 4) is 5.69 Å². The molecule has 0 amide bonds. The van der Waals surface area contributed by atoms with Gasteiger partial charge in [0.2, 0.25) is 0 Å². The minimum Gasteiger partial charge on any atom is -0.341 e. The normalized spacial score (nSPS) is 10.8. The van der Waals surface area contributed by atoms with E-state index in [4.69, 9.17) is 0 Å². The number of nitrogens with zero attached hydrogens (tertiary/aromatic N) is 2. The Hall–Kier alpha value is -2.92. The average molecular weight is 392 g/mol. The van der Waals surface area contributed by atoms with Crippen LogP contribution in [0.3, 0.4) is 0 Å². The number of nitrogens with one attached hydrogen (secondary N) is 1. The van der Waals surface area contributed by atoms with Gasteiger partial charge in [0.1, 0.15) is 5.82 Å². The monoisotopic (exact) mass is 391 g/mol. The Bertz CT molecular complexity index is 1090. The van der Waals surface area contributed by atoms with Crippen molar-refractivity contribution < 1.29 is 0 Å². The first-order valence-corrected chi connectivity index (χ1v) is 8.60. The second-order valence-corrected chi connectivity index (χ2v) is 6.43. The maximum Gasteiger partial charge on any atom is 0.192 e. The molecule has 4 aromatic rings. The minimum atomic E-state index is -0.0603. The fraction of sp³-hybridized carbons (Fsp3) is 0. The lowest BCUT2D eigenvalue weighted by atomic mass is 10.2. The van der Waals surface area contributed by atoms with Gasteiger partial charge in [-0.25, -0.2) is 0 Å². The summed E-state index contributed by atoms with van der Waals surface area (Å²) < 4.78 is 2.69. The Balaban J connectivity index is 2.03. The lowest BCUT2D eigenvalue weighted by molar-refractivity contribution is 1.09. The Morgan fingerprint density at radius 1 is 0.920 bits per heavy atom. The Morgan fingerprint density at radius 2 is 1.60 bits per heavy atom. The van der Waals surface area contributed by atoms with E-state index in [1.165, 1.54) is 0 Å². The lowest BCUT2D eigenvalue weighted by Crippen LogP contribution is -2.13. The van der Waals surface area contributed by atoms with Crippen LogP contribution in [0.5, 0.6) is 0 Å². The smallest absolute Gasteiger partial charge is 0.192 e. The zero-order valence-electron chi connectivity index (χ0n) is 13.2. The second kappa shape index (κ2) is 6.53. The van der Waals surface area contributed by atoms with Crippen LogP contribution in [0.15, 0.2) is 88.4 Å². The van der Waals surface area contributed by atoms with E-state index in [0.29, 0.717) is 15.7 Å². The molecule has 122 valence electrons. The van der Waals surface area contributed by atoms with Crippen molar-refractivity contribution in [2.45, 2.75) is 0 Å². The maximum atomic E-state index is 12.7. The summed E-state index contributed by atoms with van der Waals surface area (Å²) in [5, 5.41) is 3.95. The molecule has 0 aliphatic rings. The molecule has 0 saturated heterocycles. The Morgan fingerprint density at radius 3 is 2.32 bits per heavy atom. The average Bonchev–Trinajstić information content (AvgIpc) is 2.63. The van der Waals surface area contributed by atoms with E-state index in [9.17, 15) is 4.79 Å². The van der Waals surface area contributed by atoms with E-state index in [1.807, 2.05) is 65.2 Å². The van der Waals surface area contributed by atoms with Crippen molar-refractivity contribution in [3.63, 3.8) is 0 Å². The zero-order chi connectivity index (χ0) is 17.2. The predicted molar refractivity (Wildman–Crippen MR) is 105 cm³/mol. The van der Waals surface area contributed by atoms with Gasteiger partial charge >= 0.3 is 0 Å². The van der Waals surface area contributed by atoms with Gasteiger partial charge in [-0.15, -0.1) is 0 Å². The van der Waals surface area contributed by atoms with Gasteiger partial charge in [-0.2, -0.15) is 0 Å². The number of hydrogen-bond donors (Lipinski definition) is 1. The quantitative estimate of drug-likeness (QED) is 0.540. The number of anilines is 2. The van der Waals surface area contributed by atoms with Crippen molar-refractivity contribution in [1.29, 1.82) is 0 Å². The van der Waals surface area contributed by atoms with Crippen LogP contribution in [0.4, 0.5) is 11.5 Å². The number of aromatic nitrogens is 2. The first-order valence-electron chi connectivity index (χ1n) is 7.81. The van der Waals surface area contributed by atoms with E-state index in [-0.39, 0.29) is 5.43 Å². The molecule has 0 atom stereocenters. The molecule has 0 aliphatic heterocycles. The summed E-state index contributed by atoms with van der Waals surface area (Å²) >= 11 is 3.45. The summed E-state index contributed by atoms with van der Waals surface area (Å²) in [6.45, 7) is 0. The lowest BCUT2D eigenvalue weighted by Gasteiger charge is -2.18. The molecule has 4 rings (SSSR count). The van der Waals surface area contributed by atoms with Gasteiger partial charge in [-0.05, 0) is 40.2 Å². The molecule has 0 saturated carbocycles. The molecule has 0 radical (unpaired) electrons. The third-order valence-corrected chi connectivity index (χ3v) is 4.54. The SMILES string of the molecule is O=c1cc(Nc2ccccc2)n(-c2ccccc2)c2cncc(Br)c12. The molecule has 0 aliphatic carbocycles. The standard InChI is InChI=1S/C20H14BrN3O/c21-16-12-22-13-17-20(16)18(25)11-19(23-14-7-3-1-4-8-14)24(17)15-9-5-2-6-10-15/h1-13,23H. The largest absolute Gasteiger partial charge is 0.341 e. The summed E-state index contributed by atoms with van der Waals surface area (Å²) in [6, 6.07) is 21.3. The molecule has 0 spiro atoms. The van der Waals surface area contributed by atoms with Gasteiger partial charge in [0.25, 0.3) is 0 Å². The number of rotatable bonds is 3. The molecule has 0 unspecified atom stereocenters. The topological polar surface area (TPSA) is 46.9 Å². The van der Waals surface area contributed by atoms with Crippen LogP contribution in [-0.2, 0) is 0 Å². The van der Waals surface area contributed by atoms with Crippen LogP contribution in [0, 0.1) is 0 Å². The van der Waals surface area contributed by atoms with E-state index < -0.39 is 0 Å². The maximum absolute atomic E-state index is 12.7. The van der Waals surface area contributed by atoms with Crippen molar-refractivity contribution >= 4 is 38.3 Å². The fourth-order valence-electron chi connectivity index (χ4n) is 2.85. The molecule has 2 aromatic heterocycles. The zero-order valence-corrected chi connectivity index (χ0v) is 14.8. The highest BCUT2D eigenvalue weighted by Gasteiger charge is 2.13. The molecule has 2 aromatic carbocycles. The number of para-hydroxylation sites is 2. The summed E-state index contributed by atoms with van der Waals surface area (Å²) in [6.07, 6.45) is 3.36. The highest BCUT2D eigenvalue weighted by Crippen LogP contribution is 2.27. The Kier molecular flexibility index (Phi) is 4.07. The summed E-state index contributed by atoms with van der Waals surface area (Å²) in [4.78, 5) is 16.9. The van der Waals surface area contributed by atoms with Gasteiger partial charge in [0.05, 0.1) is 17.1 Å². The van der Waals surface area contributed by atoms with Gasteiger partial charge < -0.3 is 5.32 Å². The first-order chi connectivity index (χ1) is 12.2. The predicted octanol–water partition coefficient (Wildman–Crippen LogP) is 4.89. The summed E-state index contributed by atoms with van der Waals surface area (Å²) in [5.41, 5.74) is 2.54. The van der Waals surface area contributed by atoms with Crippen LogP contribution in [-0.4, -0.2) is 9.55 Å². The minimum absolute atomic E-state index is 0.0603. The molecule has 1 N–H and O–H groups in total. The number of halogens is 1. The third-order valence-electron chi connectivity index (χ3n) is 3.94. The van der Waals surface area contributed by atoms with Crippen LogP contribution >= 0.6 is 15.9 Å². The van der Waals surface area contributed by atoms with Crippen LogP contribution in [0.2, 0.25) is 0 Å². The van der Waals surface area contributed by atoms with Crippen molar-refractivity contribution in [2.24, 2.45) is 0 Å². The molecular formula is C20H14BrN3O. The van der Waals surface area contributed by atoms with E-state index in [1.54, 1.807) is 18.5 Å².